The summed E-state index contributed by atoms with van der Waals surface area (Å²) in [6.07, 6.45) is 0. The molecule has 2 rings (SSSR count). The van der Waals surface area contributed by atoms with Gasteiger partial charge in [-0.05, 0) is 6.92 Å². The van der Waals surface area contributed by atoms with Crippen LogP contribution >= 0.6 is 11.3 Å². The number of aromatic nitrogens is 1. The van der Waals surface area contributed by atoms with Crippen molar-refractivity contribution >= 4 is 22.4 Å². The maximum atomic E-state index is 12.1. The molecule has 1 aromatic carbocycles. The SMILES string of the molecule is COc1cc(O)c(C(=O)Nc2nc(C)cs2)cc1OC. The second-order valence-corrected chi connectivity index (χ2v) is 4.83. The smallest absolute Gasteiger partial charge is 0.261 e. The minimum absolute atomic E-state index is 0.0931. The lowest BCUT2D eigenvalue weighted by atomic mass is 10.1. The highest BCUT2D eigenvalue weighted by molar-refractivity contribution is 7.13. The van der Waals surface area contributed by atoms with Gasteiger partial charge in [0.2, 0.25) is 0 Å². The van der Waals surface area contributed by atoms with E-state index in [1.165, 1.54) is 37.7 Å². The molecule has 2 N–H and O–H groups in total. The van der Waals surface area contributed by atoms with E-state index >= 15 is 0 Å². The molecule has 106 valence electrons. The number of nitrogens with zero attached hydrogens (tertiary/aromatic N) is 1. The Kier molecular flexibility index (Phi) is 4.09. The topological polar surface area (TPSA) is 80.7 Å². The van der Waals surface area contributed by atoms with Gasteiger partial charge in [0.05, 0.1) is 25.5 Å². The molecule has 0 unspecified atom stereocenters. The zero-order chi connectivity index (χ0) is 14.7. The molecular weight excluding hydrogens is 280 g/mol. The quantitative estimate of drug-likeness (QED) is 0.905. The number of aromatic hydroxyl groups is 1. The molecule has 0 saturated heterocycles. The van der Waals surface area contributed by atoms with Gasteiger partial charge in [-0.25, -0.2) is 4.98 Å². The van der Waals surface area contributed by atoms with Crippen molar-refractivity contribution < 1.29 is 19.4 Å². The number of phenolic OH excluding ortho intramolecular Hbond substituents is 1. The fourth-order valence-corrected chi connectivity index (χ4v) is 2.31. The standard InChI is InChI=1S/C13H14N2O4S/c1-7-6-20-13(14-7)15-12(17)8-4-10(18-2)11(19-3)5-9(8)16/h4-6,16H,1-3H3,(H,14,15,17). The van der Waals surface area contributed by atoms with E-state index in [4.69, 9.17) is 9.47 Å². The van der Waals surface area contributed by atoms with E-state index in [0.29, 0.717) is 16.6 Å². The summed E-state index contributed by atoms with van der Waals surface area (Å²) in [6.45, 7) is 1.83. The Balaban J connectivity index is 2.29. The third kappa shape index (κ3) is 2.83. The molecule has 0 saturated carbocycles. The summed E-state index contributed by atoms with van der Waals surface area (Å²) in [5, 5.41) is 14.8. The van der Waals surface area contributed by atoms with Crippen LogP contribution in [0.4, 0.5) is 5.13 Å². The molecule has 0 aliphatic heterocycles. The Morgan fingerprint density at radius 2 is 1.95 bits per heavy atom. The molecule has 6 nitrogen and oxygen atoms in total. The first-order chi connectivity index (χ1) is 9.55. The van der Waals surface area contributed by atoms with Gasteiger partial charge < -0.3 is 14.6 Å². The van der Waals surface area contributed by atoms with Crippen LogP contribution in [0.15, 0.2) is 17.5 Å². The summed E-state index contributed by atoms with van der Waals surface area (Å²) in [5.41, 5.74) is 0.914. The average Bonchev–Trinajstić information content (AvgIpc) is 2.83. The minimum Gasteiger partial charge on any atom is -0.507 e. The molecule has 1 amide bonds. The summed E-state index contributed by atoms with van der Waals surface area (Å²) in [5.74, 6) is 0.0728. The van der Waals surface area contributed by atoms with E-state index in [0.717, 1.165) is 5.69 Å². The molecule has 1 aromatic heterocycles. The fourth-order valence-electron chi connectivity index (χ4n) is 1.63. The first kappa shape index (κ1) is 14.1. The molecule has 0 atom stereocenters. The first-order valence-corrected chi connectivity index (χ1v) is 6.61. The van der Waals surface area contributed by atoms with Gasteiger partial charge in [-0.2, -0.15) is 0 Å². The van der Waals surface area contributed by atoms with Crippen LogP contribution in [0.25, 0.3) is 0 Å². The molecule has 0 aliphatic carbocycles. The van der Waals surface area contributed by atoms with Crippen LogP contribution in [0.2, 0.25) is 0 Å². The highest BCUT2D eigenvalue weighted by Crippen LogP contribution is 2.34. The monoisotopic (exact) mass is 294 g/mol. The number of methoxy groups -OCH3 is 2. The zero-order valence-electron chi connectivity index (χ0n) is 11.3. The van der Waals surface area contributed by atoms with Crippen LogP contribution in [0.3, 0.4) is 0 Å². The normalized spacial score (nSPS) is 10.2. The van der Waals surface area contributed by atoms with E-state index in [9.17, 15) is 9.90 Å². The number of nitrogens with one attached hydrogen (secondary N) is 1. The summed E-state index contributed by atoms with van der Waals surface area (Å²) in [6, 6.07) is 2.75. The van der Waals surface area contributed by atoms with E-state index < -0.39 is 5.91 Å². The predicted octanol–water partition coefficient (Wildman–Crippen LogP) is 2.43. The number of anilines is 1. The molecule has 0 radical (unpaired) electrons. The Hall–Kier alpha value is -2.28. The van der Waals surface area contributed by atoms with Gasteiger partial charge >= 0.3 is 0 Å². The molecule has 1 heterocycles. The van der Waals surface area contributed by atoms with E-state index in [2.05, 4.69) is 10.3 Å². The van der Waals surface area contributed by atoms with Crippen molar-refractivity contribution in [2.45, 2.75) is 6.92 Å². The third-order valence-electron chi connectivity index (χ3n) is 2.59. The van der Waals surface area contributed by atoms with Gasteiger partial charge in [0.15, 0.2) is 16.6 Å². The number of amides is 1. The van der Waals surface area contributed by atoms with Crippen LogP contribution < -0.4 is 14.8 Å². The second kappa shape index (κ2) is 5.79. The highest BCUT2D eigenvalue weighted by atomic mass is 32.1. The molecule has 0 bridgehead atoms. The van der Waals surface area contributed by atoms with Crippen molar-refractivity contribution in [3.8, 4) is 17.2 Å². The number of hydrogen-bond acceptors (Lipinski definition) is 6. The minimum atomic E-state index is -0.460. The lowest BCUT2D eigenvalue weighted by Crippen LogP contribution is -2.12. The van der Waals surface area contributed by atoms with Gasteiger partial charge in [-0.3, -0.25) is 10.1 Å². The average molecular weight is 294 g/mol. The molecule has 20 heavy (non-hydrogen) atoms. The number of ether oxygens (including phenoxy) is 2. The van der Waals surface area contributed by atoms with Crippen molar-refractivity contribution in [2.75, 3.05) is 19.5 Å². The maximum absolute atomic E-state index is 12.1. The lowest BCUT2D eigenvalue weighted by Gasteiger charge is -2.11. The van der Waals surface area contributed by atoms with Crippen molar-refractivity contribution in [3.05, 3.63) is 28.8 Å². The Morgan fingerprint density at radius 3 is 2.50 bits per heavy atom. The van der Waals surface area contributed by atoms with E-state index in [-0.39, 0.29) is 11.3 Å². The van der Waals surface area contributed by atoms with Crippen molar-refractivity contribution in [1.82, 2.24) is 4.98 Å². The summed E-state index contributed by atoms with van der Waals surface area (Å²) >= 11 is 1.32. The maximum Gasteiger partial charge on any atom is 0.261 e. The Labute approximate surface area is 120 Å². The number of benzene rings is 1. The predicted molar refractivity (Wildman–Crippen MR) is 76.0 cm³/mol. The largest absolute Gasteiger partial charge is 0.507 e. The van der Waals surface area contributed by atoms with E-state index in [1.54, 1.807) is 0 Å². The summed E-state index contributed by atoms with van der Waals surface area (Å²) in [4.78, 5) is 16.2. The zero-order valence-corrected chi connectivity index (χ0v) is 12.1. The molecule has 0 spiro atoms. The fraction of sp³-hybridized carbons (Fsp3) is 0.231. The molecule has 7 heteroatoms. The van der Waals surface area contributed by atoms with Crippen LogP contribution in [0.5, 0.6) is 17.2 Å². The number of carbonyl (C=O) groups excluding carboxylic acids is 1. The van der Waals surface area contributed by atoms with Crippen LogP contribution in [0.1, 0.15) is 16.1 Å². The first-order valence-electron chi connectivity index (χ1n) is 5.73. The highest BCUT2D eigenvalue weighted by Gasteiger charge is 2.17. The Morgan fingerprint density at radius 1 is 1.30 bits per heavy atom. The number of thiazole rings is 1. The molecule has 0 fully saturated rings. The van der Waals surface area contributed by atoms with Crippen LogP contribution in [-0.2, 0) is 0 Å². The van der Waals surface area contributed by atoms with Gasteiger partial charge in [0.25, 0.3) is 5.91 Å². The van der Waals surface area contributed by atoms with Crippen LogP contribution in [-0.4, -0.2) is 30.2 Å². The van der Waals surface area contributed by atoms with Gasteiger partial charge in [-0.15, -0.1) is 11.3 Å². The summed E-state index contributed by atoms with van der Waals surface area (Å²) < 4.78 is 10.2. The summed E-state index contributed by atoms with van der Waals surface area (Å²) in [7, 11) is 2.91. The van der Waals surface area contributed by atoms with Gasteiger partial charge in [-0.1, -0.05) is 0 Å². The van der Waals surface area contributed by atoms with Crippen molar-refractivity contribution in [3.63, 3.8) is 0 Å². The van der Waals surface area contributed by atoms with Gasteiger partial charge in [0.1, 0.15) is 5.75 Å². The van der Waals surface area contributed by atoms with Gasteiger partial charge in [0, 0.05) is 17.5 Å². The molecule has 0 aliphatic rings. The van der Waals surface area contributed by atoms with Crippen LogP contribution in [0, 0.1) is 6.92 Å². The number of carbonyl (C=O) groups is 1. The van der Waals surface area contributed by atoms with E-state index in [1.807, 2.05) is 12.3 Å². The molecular formula is C13H14N2O4S. The number of rotatable bonds is 4. The Bertz CT molecular complexity index is 639. The second-order valence-electron chi connectivity index (χ2n) is 3.97. The molecule has 2 aromatic rings. The lowest BCUT2D eigenvalue weighted by molar-refractivity contribution is 0.102. The number of hydrogen-bond donors (Lipinski definition) is 2. The number of phenols is 1. The third-order valence-corrected chi connectivity index (χ3v) is 3.46. The number of aryl methyl sites for hydroxylation is 1. The van der Waals surface area contributed by atoms with Crippen molar-refractivity contribution in [2.24, 2.45) is 0 Å². The van der Waals surface area contributed by atoms with Crippen molar-refractivity contribution in [1.29, 1.82) is 0 Å².